The summed E-state index contributed by atoms with van der Waals surface area (Å²) in [4.78, 5) is 30.3. The molecule has 1 unspecified atom stereocenters. The minimum Gasteiger partial charge on any atom is -0.365 e. The highest BCUT2D eigenvalue weighted by atomic mass is 16.2. The molecule has 2 aromatic rings. The molecule has 2 fully saturated rings. The van der Waals surface area contributed by atoms with Gasteiger partial charge < -0.3 is 15.9 Å². The average molecular weight is 421 g/mol. The maximum atomic E-state index is 12.2. The van der Waals surface area contributed by atoms with Gasteiger partial charge >= 0.3 is 0 Å². The zero-order valence-corrected chi connectivity index (χ0v) is 17.8. The number of piperidine rings is 1. The number of primary amides is 1. The number of hydrogen-bond acceptors (Lipinski definition) is 4. The Labute approximate surface area is 182 Å². The van der Waals surface area contributed by atoms with Crippen LogP contribution in [0.1, 0.15) is 54.6 Å². The number of nitrogens with one attached hydrogen (secondary N) is 1. The van der Waals surface area contributed by atoms with Crippen molar-refractivity contribution in [2.45, 2.75) is 44.2 Å². The quantitative estimate of drug-likeness (QED) is 0.673. The molecule has 1 aliphatic carbocycles. The van der Waals surface area contributed by atoms with Crippen LogP contribution in [0.4, 0.5) is 5.82 Å². The van der Waals surface area contributed by atoms with Crippen molar-refractivity contribution < 1.29 is 9.59 Å². The summed E-state index contributed by atoms with van der Waals surface area (Å²) < 4.78 is 1.71. The topological polar surface area (TPSA) is 97.6 Å². The molecule has 1 saturated heterocycles. The number of rotatable bonds is 7. The van der Waals surface area contributed by atoms with Gasteiger partial charge in [-0.2, -0.15) is 5.10 Å². The van der Waals surface area contributed by atoms with Gasteiger partial charge in [-0.1, -0.05) is 30.3 Å². The molecular weight excluding hydrogens is 392 g/mol. The lowest BCUT2D eigenvalue weighted by molar-refractivity contribution is -0.117. The highest BCUT2D eigenvalue weighted by Crippen LogP contribution is 2.36. The van der Waals surface area contributed by atoms with Crippen LogP contribution in [0, 0.1) is 12.5 Å². The van der Waals surface area contributed by atoms with E-state index in [-0.39, 0.29) is 35.8 Å². The number of hydrogen-bond donors (Lipinski definition) is 2. The minimum absolute atomic E-state index is 0.00853. The van der Waals surface area contributed by atoms with Crippen LogP contribution in [0.15, 0.2) is 36.5 Å². The predicted molar refractivity (Wildman–Crippen MR) is 117 cm³/mol. The summed E-state index contributed by atoms with van der Waals surface area (Å²) in [6.07, 6.45) is 4.77. The summed E-state index contributed by atoms with van der Waals surface area (Å²) >= 11 is 0. The highest BCUT2D eigenvalue weighted by molar-refractivity contribution is 6.02. The lowest BCUT2D eigenvalue weighted by atomic mass is 9.86. The summed E-state index contributed by atoms with van der Waals surface area (Å²) in [5.41, 5.74) is 6.49. The molecule has 1 atom stereocenters. The number of carbonyl (C=O) groups excluding carboxylic acids is 2. The number of nitrogens with zero attached hydrogens (tertiary/aromatic N) is 4. The van der Waals surface area contributed by atoms with E-state index in [9.17, 15) is 9.59 Å². The van der Waals surface area contributed by atoms with Gasteiger partial charge in [-0.15, -0.1) is 0 Å². The largest absolute Gasteiger partial charge is 0.365 e. The van der Waals surface area contributed by atoms with Crippen LogP contribution in [0.2, 0.25) is 0 Å². The van der Waals surface area contributed by atoms with Crippen molar-refractivity contribution in [3.8, 4) is 0 Å². The third kappa shape index (κ3) is 4.32. The van der Waals surface area contributed by atoms with Crippen LogP contribution < -0.4 is 11.1 Å². The predicted octanol–water partition coefficient (Wildman–Crippen LogP) is 2.80. The first-order valence-corrected chi connectivity index (χ1v) is 10.8. The van der Waals surface area contributed by atoms with E-state index in [0.29, 0.717) is 0 Å². The van der Waals surface area contributed by atoms with E-state index in [0.717, 1.165) is 38.8 Å². The van der Waals surface area contributed by atoms with E-state index in [2.05, 4.69) is 39.2 Å². The molecule has 8 heteroatoms. The van der Waals surface area contributed by atoms with Crippen LogP contribution in [-0.4, -0.2) is 46.1 Å². The SMILES string of the molecule is [C-]#[N+]CC1(n2cc(C(N)=O)c(NC(=O)C3CC3)n2)CCN(C(C)c2ccccc2)CC1. The van der Waals surface area contributed by atoms with Gasteiger partial charge in [0.25, 0.3) is 5.91 Å². The molecule has 3 N–H and O–H groups in total. The number of likely N-dealkylation sites (tertiary alicyclic amines) is 1. The fourth-order valence-electron chi connectivity index (χ4n) is 4.33. The van der Waals surface area contributed by atoms with E-state index >= 15 is 0 Å². The number of aromatic nitrogens is 2. The maximum Gasteiger partial charge on any atom is 0.254 e. The molecule has 1 saturated carbocycles. The molecule has 2 heterocycles. The van der Waals surface area contributed by atoms with Crippen molar-refractivity contribution in [2.75, 3.05) is 25.0 Å². The van der Waals surface area contributed by atoms with Crippen molar-refractivity contribution >= 4 is 17.6 Å². The second kappa shape index (κ2) is 8.52. The molecule has 31 heavy (non-hydrogen) atoms. The van der Waals surface area contributed by atoms with Gasteiger partial charge in [-0.05, 0) is 38.2 Å². The first-order valence-electron chi connectivity index (χ1n) is 10.8. The van der Waals surface area contributed by atoms with E-state index < -0.39 is 11.4 Å². The van der Waals surface area contributed by atoms with Crippen LogP contribution in [-0.2, 0) is 10.3 Å². The van der Waals surface area contributed by atoms with Gasteiger partial charge in [-0.25, -0.2) is 6.57 Å². The summed E-state index contributed by atoms with van der Waals surface area (Å²) in [6, 6.07) is 10.7. The number of amides is 2. The minimum atomic E-state index is -0.634. The van der Waals surface area contributed by atoms with Crippen LogP contribution in [0.3, 0.4) is 0 Å². The van der Waals surface area contributed by atoms with E-state index in [1.807, 2.05) is 18.2 Å². The third-order valence-electron chi connectivity index (χ3n) is 6.59. The van der Waals surface area contributed by atoms with Crippen molar-refractivity contribution in [3.63, 3.8) is 0 Å². The van der Waals surface area contributed by atoms with Crippen LogP contribution in [0.25, 0.3) is 4.85 Å². The fraction of sp³-hybridized carbons (Fsp3) is 0.478. The Bertz CT molecular complexity index is 997. The van der Waals surface area contributed by atoms with E-state index in [4.69, 9.17) is 12.3 Å². The van der Waals surface area contributed by atoms with Crippen molar-refractivity contribution in [2.24, 2.45) is 11.7 Å². The van der Waals surface area contributed by atoms with Gasteiger partial charge in [0.1, 0.15) is 11.1 Å². The second-order valence-electron chi connectivity index (χ2n) is 8.63. The monoisotopic (exact) mass is 420 g/mol. The lowest BCUT2D eigenvalue weighted by Gasteiger charge is -2.41. The average Bonchev–Trinajstić information content (AvgIpc) is 3.54. The zero-order valence-electron chi connectivity index (χ0n) is 17.8. The van der Waals surface area contributed by atoms with Crippen molar-refractivity contribution in [1.29, 1.82) is 0 Å². The number of nitrogens with two attached hydrogens (primary N) is 1. The Morgan fingerprint density at radius 1 is 1.29 bits per heavy atom. The molecule has 1 aromatic heterocycles. The Balaban J connectivity index is 1.55. The third-order valence-corrected chi connectivity index (χ3v) is 6.59. The highest BCUT2D eigenvalue weighted by Gasteiger charge is 2.42. The Kier molecular flexibility index (Phi) is 5.79. The van der Waals surface area contributed by atoms with Gasteiger partial charge in [0.2, 0.25) is 12.5 Å². The van der Waals surface area contributed by atoms with Crippen LogP contribution in [0.5, 0.6) is 0 Å². The van der Waals surface area contributed by atoms with Gasteiger partial charge in [0.05, 0.1) is 0 Å². The number of carbonyl (C=O) groups is 2. The molecule has 0 bridgehead atoms. The van der Waals surface area contributed by atoms with E-state index in [1.165, 1.54) is 5.56 Å². The van der Waals surface area contributed by atoms with E-state index in [1.54, 1.807) is 10.9 Å². The van der Waals surface area contributed by atoms with Gasteiger partial charge in [0.15, 0.2) is 5.82 Å². The smallest absolute Gasteiger partial charge is 0.254 e. The molecule has 4 rings (SSSR count). The summed E-state index contributed by atoms with van der Waals surface area (Å²) in [6.45, 7) is 11.6. The lowest BCUT2D eigenvalue weighted by Crippen LogP contribution is -2.48. The molecule has 2 aliphatic rings. The second-order valence-corrected chi connectivity index (χ2v) is 8.63. The van der Waals surface area contributed by atoms with Crippen molar-refractivity contribution in [3.05, 3.63) is 59.1 Å². The molecule has 1 aliphatic heterocycles. The Morgan fingerprint density at radius 2 is 1.97 bits per heavy atom. The zero-order chi connectivity index (χ0) is 22.0. The van der Waals surface area contributed by atoms with Gasteiger partial charge in [-0.3, -0.25) is 19.2 Å². The molecule has 162 valence electrons. The summed E-state index contributed by atoms with van der Waals surface area (Å²) in [5, 5.41) is 7.31. The molecular formula is C23H28N6O2. The first kappa shape index (κ1) is 21.1. The van der Waals surface area contributed by atoms with Crippen molar-refractivity contribution in [1.82, 2.24) is 14.7 Å². The first-order chi connectivity index (χ1) is 14.9. The summed E-state index contributed by atoms with van der Waals surface area (Å²) in [5.74, 6) is -0.566. The standard InChI is InChI=1S/C23H28N6O2/c1-16(17-6-4-3-5-7-17)28-12-10-23(11-13-28,15-25-2)29-14-19(20(24)30)21(27-29)26-22(31)18-8-9-18/h3-7,14,16,18H,8-13,15H2,1H3,(H2,24,30)(H,26,27,31). The van der Waals surface area contributed by atoms with Crippen LogP contribution >= 0.6 is 0 Å². The Hall–Kier alpha value is -3.18. The molecule has 1 aromatic carbocycles. The molecule has 0 radical (unpaired) electrons. The molecule has 0 spiro atoms. The maximum absolute atomic E-state index is 12.2. The number of benzene rings is 1. The van der Waals surface area contributed by atoms with Gasteiger partial charge in [0, 0.05) is 31.2 Å². The normalized spacial score (nSPS) is 19.4. The molecule has 8 nitrogen and oxygen atoms in total. The summed E-state index contributed by atoms with van der Waals surface area (Å²) in [7, 11) is 0. The Morgan fingerprint density at radius 3 is 2.55 bits per heavy atom. The fourth-order valence-corrected chi connectivity index (χ4v) is 4.33. The molecule has 2 amide bonds. The number of anilines is 1.